The number of unbranched alkanes of at least 4 members (excludes halogenated alkanes) is 1. The first kappa shape index (κ1) is 15.4. The molecule has 102 valence electrons. The SMILES string of the molecule is CCCCOCCCNCc1cccc(F)c1Cl. The minimum atomic E-state index is -0.362. The van der Waals surface area contributed by atoms with Crippen LogP contribution in [-0.4, -0.2) is 19.8 Å². The summed E-state index contributed by atoms with van der Waals surface area (Å²) in [5.74, 6) is -0.362. The van der Waals surface area contributed by atoms with Crippen LogP contribution in [0.2, 0.25) is 5.02 Å². The second-order valence-electron chi connectivity index (χ2n) is 4.21. The van der Waals surface area contributed by atoms with Crippen molar-refractivity contribution in [3.63, 3.8) is 0 Å². The van der Waals surface area contributed by atoms with E-state index in [1.807, 2.05) is 6.07 Å². The van der Waals surface area contributed by atoms with Crippen LogP contribution in [0.3, 0.4) is 0 Å². The summed E-state index contributed by atoms with van der Waals surface area (Å²) < 4.78 is 18.6. The van der Waals surface area contributed by atoms with Gasteiger partial charge in [-0.05, 0) is 31.0 Å². The Labute approximate surface area is 113 Å². The van der Waals surface area contributed by atoms with Gasteiger partial charge in [0.05, 0.1) is 5.02 Å². The summed E-state index contributed by atoms with van der Waals surface area (Å²) >= 11 is 5.85. The van der Waals surface area contributed by atoms with E-state index in [2.05, 4.69) is 12.2 Å². The van der Waals surface area contributed by atoms with Gasteiger partial charge >= 0.3 is 0 Å². The number of hydrogen-bond acceptors (Lipinski definition) is 2. The maximum Gasteiger partial charge on any atom is 0.142 e. The van der Waals surface area contributed by atoms with Crippen LogP contribution in [-0.2, 0) is 11.3 Å². The Morgan fingerprint density at radius 1 is 1.28 bits per heavy atom. The van der Waals surface area contributed by atoms with Crippen LogP contribution in [0.4, 0.5) is 4.39 Å². The zero-order valence-corrected chi connectivity index (χ0v) is 11.6. The molecule has 1 aromatic carbocycles. The Balaban J connectivity index is 2.09. The molecule has 0 saturated carbocycles. The standard InChI is InChI=1S/C14H21ClFNO/c1-2-3-9-18-10-5-8-17-11-12-6-4-7-13(16)14(12)15/h4,6-7,17H,2-3,5,8-11H2,1H3. The van der Waals surface area contributed by atoms with Gasteiger partial charge in [-0.1, -0.05) is 37.1 Å². The first-order valence-corrected chi connectivity index (χ1v) is 6.85. The molecule has 0 heterocycles. The number of rotatable bonds is 9. The van der Waals surface area contributed by atoms with Crippen molar-refractivity contribution in [2.24, 2.45) is 0 Å². The van der Waals surface area contributed by atoms with Crippen LogP contribution >= 0.6 is 11.6 Å². The Morgan fingerprint density at radius 3 is 2.83 bits per heavy atom. The highest BCUT2D eigenvalue weighted by atomic mass is 35.5. The lowest BCUT2D eigenvalue weighted by Gasteiger charge is -2.07. The maximum absolute atomic E-state index is 13.1. The van der Waals surface area contributed by atoms with Crippen molar-refractivity contribution >= 4 is 11.6 Å². The minimum Gasteiger partial charge on any atom is -0.381 e. The average molecular weight is 274 g/mol. The van der Waals surface area contributed by atoms with Crippen molar-refractivity contribution in [3.05, 3.63) is 34.6 Å². The number of nitrogens with one attached hydrogen (secondary N) is 1. The largest absolute Gasteiger partial charge is 0.381 e. The summed E-state index contributed by atoms with van der Waals surface area (Å²) in [6.07, 6.45) is 3.24. The van der Waals surface area contributed by atoms with Crippen LogP contribution in [0.5, 0.6) is 0 Å². The Hall–Kier alpha value is -0.640. The van der Waals surface area contributed by atoms with E-state index >= 15 is 0 Å². The molecular formula is C14H21ClFNO. The van der Waals surface area contributed by atoms with Gasteiger partial charge in [0.15, 0.2) is 0 Å². The van der Waals surface area contributed by atoms with Crippen LogP contribution in [0, 0.1) is 5.82 Å². The van der Waals surface area contributed by atoms with E-state index in [0.29, 0.717) is 6.54 Å². The lowest BCUT2D eigenvalue weighted by molar-refractivity contribution is 0.129. The second-order valence-corrected chi connectivity index (χ2v) is 4.59. The van der Waals surface area contributed by atoms with E-state index in [-0.39, 0.29) is 10.8 Å². The quantitative estimate of drug-likeness (QED) is 0.692. The molecule has 0 aliphatic heterocycles. The normalized spacial score (nSPS) is 10.8. The van der Waals surface area contributed by atoms with Gasteiger partial charge < -0.3 is 10.1 Å². The average Bonchev–Trinajstić information content (AvgIpc) is 2.37. The van der Waals surface area contributed by atoms with Crippen molar-refractivity contribution in [3.8, 4) is 0 Å². The molecule has 0 bridgehead atoms. The number of halogens is 2. The zero-order chi connectivity index (χ0) is 13.2. The van der Waals surface area contributed by atoms with Crippen LogP contribution in [0.1, 0.15) is 31.7 Å². The number of ether oxygens (including phenoxy) is 1. The predicted molar refractivity (Wildman–Crippen MR) is 73.5 cm³/mol. The zero-order valence-electron chi connectivity index (χ0n) is 10.8. The Bertz CT molecular complexity index is 347. The lowest BCUT2D eigenvalue weighted by atomic mass is 10.2. The van der Waals surface area contributed by atoms with Crippen molar-refractivity contribution in [2.45, 2.75) is 32.7 Å². The summed E-state index contributed by atoms with van der Waals surface area (Å²) in [6, 6.07) is 4.87. The molecule has 1 rings (SSSR count). The summed E-state index contributed by atoms with van der Waals surface area (Å²) in [7, 11) is 0. The fraction of sp³-hybridized carbons (Fsp3) is 0.571. The van der Waals surface area contributed by atoms with Crippen molar-refractivity contribution in [1.29, 1.82) is 0 Å². The Morgan fingerprint density at radius 2 is 2.06 bits per heavy atom. The van der Waals surface area contributed by atoms with E-state index in [9.17, 15) is 4.39 Å². The van der Waals surface area contributed by atoms with Gasteiger partial charge in [-0.3, -0.25) is 0 Å². The fourth-order valence-electron chi connectivity index (χ4n) is 1.56. The molecule has 0 spiro atoms. The smallest absolute Gasteiger partial charge is 0.142 e. The number of hydrogen-bond donors (Lipinski definition) is 1. The molecule has 0 aliphatic rings. The molecule has 1 aromatic rings. The lowest BCUT2D eigenvalue weighted by Crippen LogP contribution is -2.17. The monoisotopic (exact) mass is 273 g/mol. The Kier molecular flexibility index (Phi) is 7.98. The van der Waals surface area contributed by atoms with Crippen molar-refractivity contribution in [2.75, 3.05) is 19.8 Å². The van der Waals surface area contributed by atoms with Gasteiger partial charge in [-0.2, -0.15) is 0 Å². The highest BCUT2D eigenvalue weighted by molar-refractivity contribution is 6.31. The fourth-order valence-corrected chi connectivity index (χ4v) is 1.75. The van der Waals surface area contributed by atoms with Crippen molar-refractivity contribution in [1.82, 2.24) is 5.32 Å². The molecule has 4 heteroatoms. The van der Waals surface area contributed by atoms with E-state index < -0.39 is 0 Å². The molecule has 1 N–H and O–H groups in total. The van der Waals surface area contributed by atoms with Gasteiger partial charge in [0.2, 0.25) is 0 Å². The maximum atomic E-state index is 13.1. The third-order valence-corrected chi connectivity index (χ3v) is 3.05. The summed E-state index contributed by atoms with van der Waals surface area (Å²) in [6.45, 7) is 5.19. The first-order chi connectivity index (χ1) is 8.75. The third-order valence-electron chi connectivity index (χ3n) is 2.63. The van der Waals surface area contributed by atoms with E-state index in [0.717, 1.165) is 44.6 Å². The minimum absolute atomic E-state index is 0.212. The van der Waals surface area contributed by atoms with Gasteiger partial charge in [-0.15, -0.1) is 0 Å². The molecule has 0 fully saturated rings. The molecule has 0 unspecified atom stereocenters. The van der Waals surface area contributed by atoms with E-state index in [1.165, 1.54) is 6.07 Å². The molecule has 0 aliphatic carbocycles. The van der Waals surface area contributed by atoms with Gasteiger partial charge in [0, 0.05) is 19.8 Å². The molecule has 0 atom stereocenters. The van der Waals surface area contributed by atoms with Crippen LogP contribution < -0.4 is 5.32 Å². The highest BCUT2D eigenvalue weighted by Crippen LogP contribution is 2.19. The van der Waals surface area contributed by atoms with Gasteiger partial charge in [-0.25, -0.2) is 4.39 Å². The van der Waals surface area contributed by atoms with Gasteiger partial charge in [0.1, 0.15) is 5.82 Å². The molecular weight excluding hydrogens is 253 g/mol. The topological polar surface area (TPSA) is 21.3 Å². The van der Waals surface area contributed by atoms with E-state index in [4.69, 9.17) is 16.3 Å². The van der Waals surface area contributed by atoms with Crippen molar-refractivity contribution < 1.29 is 9.13 Å². The third kappa shape index (κ3) is 5.80. The van der Waals surface area contributed by atoms with Gasteiger partial charge in [0.25, 0.3) is 0 Å². The number of benzene rings is 1. The summed E-state index contributed by atoms with van der Waals surface area (Å²) in [5.41, 5.74) is 0.795. The molecule has 0 amide bonds. The first-order valence-electron chi connectivity index (χ1n) is 6.47. The predicted octanol–water partition coefficient (Wildman–Crippen LogP) is 3.78. The molecule has 0 radical (unpaired) electrons. The summed E-state index contributed by atoms with van der Waals surface area (Å²) in [4.78, 5) is 0. The van der Waals surface area contributed by atoms with Crippen LogP contribution in [0.25, 0.3) is 0 Å². The summed E-state index contributed by atoms with van der Waals surface area (Å²) in [5, 5.41) is 3.44. The molecule has 0 saturated heterocycles. The molecule has 2 nitrogen and oxygen atoms in total. The van der Waals surface area contributed by atoms with Crippen LogP contribution in [0.15, 0.2) is 18.2 Å². The molecule has 0 aromatic heterocycles. The van der Waals surface area contributed by atoms with E-state index in [1.54, 1.807) is 6.07 Å². The molecule has 18 heavy (non-hydrogen) atoms. The highest BCUT2D eigenvalue weighted by Gasteiger charge is 2.04. The second kappa shape index (κ2) is 9.31.